The molecule has 0 saturated carbocycles. The van der Waals surface area contributed by atoms with E-state index in [2.05, 4.69) is 13.0 Å². The monoisotopic (exact) mass is 164 g/mol. The van der Waals surface area contributed by atoms with Crippen molar-refractivity contribution in [3.63, 3.8) is 0 Å². The molecule has 1 heteroatoms. The molecule has 0 aromatic rings. The third-order valence-electron chi connectivity index (χ3n) is 2.42. The molecule has 1 nitrogen and oxygen atoms in total. The first kappa shape index (κ1) is 9.24. The third kappa shape index (κ3) is 2.07. The molecular formula is C11H16O. The van der Waals surface area contributed by atoms with Gasteiger partial charge in [0.1, 0.15) is 6.29 Å². The average molecular weight is 164 g/mol. The molecule has 0 N–H and O–H groups in total. The van der Waals surface area contributed by atoms with Crippen LogP contribution < -0.4 is 0 Å². The molecule has 0 heterocycles. The maximum absolute atomic E-state index is 8.81. The van der Waals surface area contributed by atoms with Gasteiger partial charge in [0.15, 0.2) is 0 Å². The van der Waals surface area contributed by atoms with E-state index >= 15 is 0 Å². The lowest BCUT2D eigenvalue weighted by molar-refractivity contribution is -0.106. The van der Waals surface area contributed by atoms with E-state index in [1.807, 2.05) is 0 Å². The highest BCUT2D eigenvalue weighted by molar-refractivity contribution is 5.44. The van der Waals surface area contributed by atoms with Crippen LogP contribution in [0.5, 0.6) is 0 Å². The maximum Gasteiger partial charge on any atom is 0.116 e. The van der Waals surface area contributed by atoms with Gasteiger partial charge >= 0.3 is 0 Å². The highest BCUT2D eigenvalue weighted by Gasteiger charge is 2.18. The first-order valence-corrected chi connectivity index (χ1v) is 4.53. The van der Waals surface area contributed by atoms with Crippen LogP contribution in [0.15, 0.2) is 22.8 Å². The lowest BCUT2D eigenvalue weighted by Gasteiger charge is -2.27. The van der Waals surface area contributed by atoms with Crippen LogP contribution in [0.25, 0.3) is 0 Å². The van der Waals surface area contributed by atoms with E-state index in [9.17, 15) is 0 Å². The van der Waals surface area contributed by atoms with E-state index in [0.29, 0.717) is 0 Å². The molecule has 2 rings (SSSR count). The predicted molar refractivity (Wildman–Crippen MR) is 51.0 cm³/mol. The summed E-state index contributed by atoms with van der Waals surface area (Å²) in [5, 5.41) is 0. The molecule has 0 atom stereocenters. The summed E-state index contributed by atoms with van der Waals surface area (Å²) < 4.78 is 0. The first-order chi connectivity index (χ1) is 5.77. The number of carbonyl (C=O) groups is 1. The molecule has 0 aliphatic heterocycles. The zero-order valence-corrected chi connectivity index (χ0v) is 7.89. The van der Waals surface area contributed by atoms with E-state index in [-0.39, 0.29) is 0 Å². The second kappa shape index (κ2) is 4.24. The zero-order valence-electron chi connectivity index (χ0n) is 7.89. The van der Waals surface area contributed by atoms with Gasteiger partial charge in [0, 0.05) is 0 Å². The number of hydrogen-bond acceptors (Lipinski definition) is 1. The SMILES string of the molecule is CC1=CCC2=C(CC2)C1.CC=O. The minimum absolute atomic E-state index is 0.750. The van der Waals surface area contributed by atoms with Gasteiger partial charge in [-0.25, -0.2) is 0 Å². The Labute approximate surface area is 74.2 Å². The number of carbonyl (C=O) groups excluding carboxylic acids is 1. The van der Waals surface area contributed by atoms with Crippen LogP contribution in [0.3, 0.4) is 0 Å². The fourth-order valence-corrected chi connectivity index (χ4v) is 1.64. The second-order valence-electron chi connectivity index (χ2n) is 3.37. The van der Waals surface area contributed by atoms with Crippen molar-refractivity contribution in [2.24, 2.45) is 0 Å². The highest BCUT2D eigenvalue weighted by atomic mass is 16.1. The van der Waals surface area contributed by atoms with Crippen molar-refractivity contribution in [2.45, 2.75) is 39.5 Å². The Balaban J connectivity index is 0.000000213. The van der Waals surface area contributed by atoms with Crippen molar-refractivity contribution in [2.75, 3.05) is 0 Å². The normalized spacial score (nSPS) is 19.7. The first-order valence-electron chi connectivity index (χ1n) is 4.53. The molecule has 2 aliphatic carbocycles. The topological polar surface area (TPSA) is 17.1 Å². The van der Waals surface area contributed by atoms with Gasteiger partial charge in [0.2, 0.25) is 0 Å². The van der Waals surface area contributed by atoms with Gasteiger partial charge in [-0.2, -0.15) is 0 Å². The van der Waals surface area contributed by atoms with Crippen molar-refractivity contribution < 1.29 is 4.79 Å². The molecule has 66 valence electrons. The summed E-state index contributed by atoms with van der Waals surface area (Å²) in [4.78, 5) is 8.81. The average Bonchev–Trinajstić information content (AvgIpc) is 1.98. The summed E-state index contributed by atoms with van der Waals surface area (Å²) in [6, 6.07) is 0. The lowest BCUT2D eigenvalue weighted by atomic mass is 9.79. The maximum atomic E-state index is 8.81. The molecule has 0 radical (unpaired) electrons. The van der Waals surface area contributed by atoms with Gasteiger partial charge in [-0.15, -0.1) is 0 Å². The Bertz CT molecular complexity index is 233. The minimum Gasteiger partial charge on any atom is -0.304 e. The second-order valence-corrected chi connectivity index (χ2v) is 3.37. The van der Waals surface area contributed by atoms with E-state index in [0.717, 1.165) is 6.29 Å². The van der Waals surface area contributed by atoms with Crippen LogP contribution in [0.1, 0.15) is 39.5 Å². The van der Waals surface area contributed by atoms with Gasteiger partial charge in [0.05, 0.1) is 0 Å². The summed E-state index contributed by atoms with van der Waals surface area (Å²) in [6.07, 6.45) is 8.45. The Morgan fingerprint density at radius 3 is 2.25 bits per heavy atom. The number of hydrogen-bond donors (Lipinski definition) is 0. The Hall–Kier alpha value is -0.850. The van der Waals surface area contributed by atoms with Crippen LogP contribution in [0.4, 0.5) is 0 Å². The fraction of sp³-hybridized carbons (Fsp3) is 0.545. The predicted octanol–water partition coefficient (Wildman–Crippen LogP) is 3.02. The molecule has 0 aromatic heterocycles. The van der Waals surface area contributed by atoms with Gasteiger partial charge < -0.3 is 4.79 Å². The quantitative estimate of drug-likeness (QED) is 0.397. The molecule has 12 heavy (non-hydrogen) atoms. The molecule has 0 spiro atoms. The van der Waals surface area contributed by atoms with Crippen LogP contribution in [0.2, 0.25) is 0 Å². The van der Waals surface area contributed by atoms with Gasteiger partial charge in [-0.3, -0.25) is 0 Å². The van der Waals surface area contributed by atoms with Gasteiger partial charge in [-0.1, -0.05) is 22.8 Å². The van der Waals surface area contributed by atoms with Crippen LogP contribution in [-0.4, -0.2) is 6.29 Å². The molecule has 0 bridgehead atoms. The fourth-order valence-electron chi connectivity index (χ4n) is 1.64. The van der Waals surface area contributed by atoms with E-state index in [1.165, 1.54) is 32.6 Å². The third-order valence-corrected chi connectivity index (χ3v) is 2.42. The van der Waals surface area contributed by atoms with E-state index in [4.69, 9.17) is 4.79 Å². The highest BCUT2D eigenvalue weighted by Crippen LogP contribution is 2.38. The summed E-state index contributed by atoms with van der Waals surface area (Å²) >= 11 is 0. The molecule has 0 saturated heterocycles. The molecule has 0 aromatic carbocycles. The van der Waals surface area contributed by atoms with Gasteiger partial charge in [-0.05, 0) is 39.5 Å². The van der Waals surface area contributed by atoms with Crippen molar-refractivity contribution in [3.8, 4) is 0 Å². The number of aldehydes is 1. The molecule has 0 unspecified atom stereocenters. The Morgan fingerprint density at radius 2 is 1.92 bits per heavy atom. The van der Waals surface area contributed by atoms with Crippen LogP contribution in [0, 0.1) is 0 Å². The Kier molecular flexibility index (Phi) is 3.27. The van der Waals surface area contributed by atoms with Crippen molar-refractivity contribution >= 4 is 6.29 Å². The lowest BCUT2D eigenvalue weighted by Crippen LogP contribution is -2.07. The summed E-state index contributed by atoms with van der Waals surface area (Å²) in [6.45, 7) is 3.68. The van der Waals surface area contributed by atoms with Crippen LogP contribution in [-0.2, 0) is 4.79 Å². The molecule has 0 amide bonds. The largest absolute Gasteiger partial charge is 0.304 e. The minimum atomic E-state index is 0.750. The van der Waals surface area contributed by atoms with E-state index < -0.39 is 0 Å². The standard InChI is InChI=1S/C9H12.C2H4O/c1-7-2-3-8-4-5-9(8)6-7;1-2-3/h2H,3-6H2,1H3;2H,1H3. The summed E-state index contributed by atoms with van der Waals surface area (Å²) in [7, 11) is 0. The summed E-state index contributed by atoms with van der Waals surface area (Å²) in [5.74, 6) is 0. The van der Waals surface area contributed by atoms with Crippen molar-refractivity contribution in [1.82, 2.24) is 0 Å². The van der Waals surface area contributed by atoms with Crippen molar-refractivity contribution in [1.29, 1.82) is 0 Å². The van der Waals surface area contributed by atoms with E-state index in [1.54, 1.807) is 16.7 Å². The van der Waals surface area contributed by atoms with Crippen molar-refractivity contribution in [3.05, 3.63) is 22.8 Å². The molecule has 2 aliphatic rings. The number of rotatable bonds is 0. The summed E-state index contributed by atoms with van der Waals surface area (Å²) in [5.41, 5.74) is 5.06. The zero-order chi connectivity index (χ0) is 8.97. The molecular weight excluding hydrogens is 148 g/mol. The number of allylic oxidation sites excluding steroid dienone is 4. The molecule has 0 fully saturated rings. The van der Waals surface area contributed by atoms with Crippen LogP contribution >= 0.6 is 0 Å². The Morgan fingerprint density at radius 1 is 1.33 bits per heavy atom. The smallest absolute Gasteiger partial charge is 0.116 e. The van der Waals surface area contributed by atoms with Gasteiger partial charge in [0.25, 0.3) is 0 Å².